The second kappa shape index (κ2) is 7.17. The number of anilines is 1. The maximum atomic E-state index is 12.6. The first-order valence-electron chi connectivity index (χ1n) is 6.18. The van der Waals surface area contributed by atoms with Crippen LogP contribution in [-0.2, 0) is 10.0 Å². The van der Waals surface area contributed by atoms with Crippen LogP contribution in [0.25, 0.3) is 0 Å². The molecule has 0 saturated carbocycles. The second-order valence-electron chi connectivity index (χ2n) is 4.34. The number of methoxy groups -OCH3 is 2. The Kier molecular flexibility index (Phi) is 5.67. The first-order chi connectivity index (χ1) is 10.8. The van der Waals surface area contributed by atoms with Crippen molar-refractivity contribution in [3.05, 3.63) is 44.8 Å². The molecular formula is C14H12BrCl2NO4S. The average molecular weight is 441 g/mol. The normalized spacial score (nSPS) is 11.2. The van der Waals surface area contributed by atoms with Gasteiger partial charge in [0.15, 0.2) is 11.5 Å². The van der Waals surface area contributed by atoms with Crippen LogP contribution in [0.5, 0.6) is 11.5 Å². The lowest BCUT2D eigenvalue weighted by Crippen LogP contribution is -2.14. The number of sulfonamides is 1. The quantitative estimate of drug-likeness (QED) is 0.739. The van der Waals surface area contributed by atoms with E-state index in [1.807, 2.05) is 0 Å². The van der Waals surface area contributed by atoms with Crippen LogP contribution in [0.3, 0.4) is 0 Å². The summed E-state index contributed by atoms with van der Waals surface area (Å²) in [6.07, 6.45) is 0. The molecule has 0 unspecified atom stereocenters. The maximum Gasteiger partial charge on any atom is 0.263 e. The SMILES string of the molecule is COc1cc(Br)c(S(=O)(=O)Nc2c(Cl)cccc2Cl)cc1OC. The van der Waals surface area contributed by atoms with Crippen molar-refractivity contribution >= 4 is 54.8 Å². The van der Waals surface area contributed by atoms with Crippen molar-refractivity contribution in [3.8, 4) is 11.5 Å². The fraction of sp³-hybridized carbons (Fsp3) is 0.143. The molecule has 1 N–H and O–H groups in total. The zero-order valence-electron chi connectivity index (χ0n) is 12.1. The Morgan fingerprint density at radius 2 is 1.57 bits per heavy atom. The van der Waals surface area contributed by atoms with Crippen molar-refractivity contribution in [1.29, 1.82) is 0 Å². The zero-order chi connectivity index (χ0) is 17.2. The largest absolute Gasteiger partial charge is 0.493 e. The third-order valence-electron chi connectivity index (χ3n) is 2.93. The summed E-state index contributed by atoms with van der Waals surface area (Å²) >= 11 is 15.2. The van der Waals surface area contributed by atoms with Gasteiger partial charge in [-0.3, -0.25) is 4.72 Å². The molecule has 0 bridgehead atoms. The van der Waals surface area contributed by atoms with Gasteiger partial charge < -0.3 is 9.47 Å². The van der Waals surface area contributed by atoms with Gasteiger partial charge in [0.05, 0.1) is 30.0 Å². The topological polar surface area (TPSA) is 64.6 Å². The summed E-state index contributed by atoms with van der Waals surface area (Å²) in [5, 5.41) is 0.385. The minimum atomic E-state index is -3.95. The number of rotatable bonds is 5. The molecule has 0 aromatic heterocycles. The van der Waals surface area contributed by atoms with E-state index in [-0.39, 0.29) is 26.4 Å². The third kappa shape index (κ3) is 3.85. The summed E-state index contributed by atoms with van der Waals surface area (Å²) in [4.78, 5) is -0.0360. The van der Waals surface area contributed by atoms with E-state index in [9.17, 15) is 8.42 Å². The molecule has 5 nitrogen and oxygen atoms in total. The summed E-state index contributed by atoms with van der Waals surface area (Å²) < 4.78 is 38.2. The number of para-hydroxylation sites is 1. The maximum absolute atomic E-state index is 12.6. The molecule has 9 heteroatoms. The first-order valence-corrected chi connectivity index (χ1v) is 9.21. The molecule has 0 radical (unpaired) electrons. The van der Waals surface area contributed by atoms with Gasteiger partial charge in [-0.2, -0.15) is 0 Å². The van der Waals surface area contributed by atoms with Gasteiger partial charge in [-0.15, -0.1) is 0 Å². The van der Waals surface area contributed by atoms with Crippen LogP contribution in [-0.4, -0.2) is 22.6 Å². The lowest BCUT2D eigenvalue weighted by Gasteiger charge is -2.15. The van der Waals surface area contributed by atoms with Crippen LogP contribution in [0.2, 0.25) is 10.0 Å². The monoisotopic (exact) mass is 439 g/mol. The van der Waals surface area contributed by atoms with Crippen molar-refractivity contribution < 1.29 is 17.9 Å². The van der Waals surface area contributed by atoms with E-state index < -0.39 is 10.0 Å². The lowest BCUT2D eigenvalue weighted by molar-refractivity contribution is 0.353. The standard InChI is InChI=1S/C14H12BrCl2NO4S/c1-21-11-6-8(15)13(7-12(11)22-2)23(19,20)18-14-9(16)4-3-5-10(14)17/h3-7,18H,1-2H3. The van der Waals surface area contributed by atoms with Gasteiger partial charge >= 0.3 is 0 Å². The minimum Gasteiger partial charge on any atom is -0.493 e. The Bertz CT molecular complexity index is 823. The number of hydrogen-bond acceptors (Lipinski definition) is 4. The summed E-state index contributed by atoms with van der Waals surface area (Å²) in [7, 11) is -1.07. The molecule has 2 rings (SSSR count). The smallest absolute Gasteiger partial charge is 0.263 e. The highest BCUT2D eigenvalue weighted by Crippen LogP contribution is 2.38. The minimum absolute atomic E-state index is 0.0360. The molecule has 23 heavy (non-hydrogen) atoms. The highest BCUT2D eigenvalue weighted by molar-refractivity contribution is 9.10. The Balaban J connectivity index is 2.52. The number of halogens is 3. The van der Waals surface area contributed by atoms with Crippen LogP contribution in [0.4, 0.5) is 5.69 Å². The van der Waals surface area contributed by atoms with Gasteiger partial charge in [-0.25, -0.2) is 8.42 Å². The molecule has 0 fully saturated rings. The molecule has 0 aliphatic rings. The van der Waals surface area contributed by atoms with E-state index in [4.69, 9.17) is 32.7 Å². The molecule has 0 amide bonds. The lowest BCUT2D eigenvalue weighted by atomic mass is 10.3. The molecule has 0 heterocycles. The predicted molar refractivity (Wildman–Crippen MR) is 94.5 cm³/mol. The van der Waals surface area contributed by atoms with Crippen LogP contribution >= 0.6 is 39.1 Å². The van der Waals surface area contributed by atoms with Gasteiger partial charge in [-0.1, -0.05) is 29.3 Å². The van der Waals surface area contributed by atoms with E-state index in [1.54, 1.807) is 6.07 Å². The van der Waals surface area contributed by atoms with E-state index in [2.05, 4.69) is 20.7 Å². The van der Waals surface area contributed by atoms with Crippen LogP contribution in [0, 0.1) is 0 Å². The van der Waals surface area contributed by atoms with Crippen molar-refractivity contribution in [2.75, 3.05) is 18.9 Å². The number of hydrogen-bond donors (Lipinski definition) is 1. The average Bonchev–Trinajstić information content (AvgIpc) is 2.50. The molecule has 2 aromatic rings. The summed E-state index contributed by atoms with van der Waals surface area (Å²) in [5.74, 6) is 0.676. The van der Waals surface area contributed by atoms with Crippen molar-refractivity contribution in [2.24, 2.45) is 0 Å². The van der Waals surface area contributed by atoms with Crippen LogP contribution in [0.1, 0.15) is 0 Å². The number of nitrogens with one attached hydrogen (secondary N) is 1. The van der Waals surface area contributed by atoms with Crippen molar-refractivity contribution in [3.63, 3.8) is 0 Å². The Hall–Kier alpha value is -1.15. The highest BCUT2D eigenvalue weighted by atomic mass is 79.9. The predicted octanol–water partition coefficient (Wildman–Crippen LogP) is 4.57. The molecule has 2 aromatic carbocycles. The summed E-state index contributed by atoms with van der Waals surface area (Å²) in [6.45, 7) is 0. The van der Waals surface area contributed by atoms with E-state index >= 15 is 0 Å². The van der Waals surface area contributed by atoms with E-state index in [0.717, 1.165) is 0 Å². The van der Waals surface area contributed by atoms with Gasteiger partial charge in [0, 0.05) is 10.5 Å². The van der Waals surface area contributed by atoms with Crippen LogP contribution < -0.4 is 14.2 Å². The number of benzene rings is 2. The highest BCUT2D eigenvalue weighted by Gasteiger charge is 2.23. The molecule has 0 atom stereocenters. The molecule has 0 aliphatic heterocycles. The Labute approximate surface area is 152 Å². The molecule has 0 saturated heterocycles. The molecular weight excluding hydrogens is 429 g/mol. The first kappa shape index (κ1) is 18.2. The summed E-state index contributed by atoms with van der Waals surface area (Å²) in [6, 6.07) is 7.54. The molecule has 124 valence electrons. The van der Waals surface area contributed by atoms with Crippen molar-refractivity contribution in [2.45, 2.75) is 4.90 Å². The van der Waals surface area contributed by atoms with Gasteiger partial charge in [0.1, 0.15) is 4.90 Å². The number of ether oxygens (including phenoxy) is 2. The third-order valence-corrected chi connectivity index (χ3v) is 5.86. The van der Waals surface area contributed by atoms with Gasteiger partial charge in [0.25, 0.3) is 10.0 Å². The summed E-state index contributed by atoms with van der Waals surface area (Å²) in [5.41, 5.74) is 0.109. The second-order valence-corrected chi connectivity index (χ2v) is 7.66. The van der Waals surface area contributed by atoms with Gasteiger partial charge in [0.2, 0.25) is 0 Å². The molecule has 0 spiro atoms. The van der Waals surface area contributed by atoms with Crippen molar-refractivity contribution in [1.82, 2.24) is 0 Å². The Morgan fingerprint density at radius 1 is 1.04 bits per heavy atom. The Morgan fingerprint density at radius 3 is 2.09 bits per heavy atom. The van der Waals surface area contributed by atoms with Gasteiger partial charge in [-0.05, 0) is 34.1 Å². The fourth-order valence-corrected chi connectivity index (χ4v) is 4.57. The van der Waals surface area contributed by atoms with E-state index in [0.29, 0.717) is 10.2 Å². The van der Waals surface area contributed by atoms with E-state index in [1.165, 1.54) is 38.5 Å². The molecule has 0 aliphatic carbocycles. The fourth-order valence-electron chi connectivity index (χ4n) is 1.83. The zero-order valence-corrected chi connectivity index (χ0v) is 16.0. The van der Waals surface area contributed by atoms with Crippen LogP contribution in [0.15, 0.2) is 39.7 Å².